The SMILES string of the molecule is O=C1NC(=O)C(=Cc2ccc3occ(Br)c3c2)S1. The van der Waals surface area contributed by atoms with Crippen molar-refractivity contribution in [3.8, 4) is 0 Å². The Morgan fingerprint density at radius 1 is 1.33 bits per heavy atom. The number of fused-ring (bicyclic) bond motifs is 1. The van der Waals surface area contributed by atoms with Gasteiger partial charge in [0.2, 0.25) is 0 Å². The lowest BCUT2D eigenvalue weighted by Gasteiger charge is -1.95. The van der Waals surface area contributed by atoms with Crippen LogP contribution in [0.3, 0.4) is 0 Å². The molecular weight excluding hydrogens is 318 g/mol. The van der Waals surface area contributed by atoms with E-state index in [1.165, 1.54) is 0 Å². The van der Waals surface area contributed by atoms with Gasteiger partial charge in [0.05, 0.1) is 9.38 Å². The first-order valence-corrected chi connectivity index (χ1v) is 6.66. The lowest BCUT2D eigenvalue weighted by Crippen LogP contribution is -2.17. The van der Waals surface area contributed by atoms with Gasteiger partial charge in [-0.25, -0.2) is 0 Å². The Hall–Kier alpha value is -1.53. The summed E-state index contributed by atoms with van der Waals surface area (Å²) in [6.07, 6.45) is 3.30. The zero-order chi connectivity index (χ0) is 12.7. The molecule has 0 atom stereocenters. The van der Waals surface area contributed by atoms with Crippen LogP contribution < -0.4 is 5.32 Å². The molecule has 3 rings (SSSR count). The minimum atomic E-state index is -0.351. The Morgan fingerprint density at radius 3 is 2.89 bits per heavy atom. The molecular formula is C12H6BrNO3S. The summed E-state index contributed by atoms with van der Waals surface area (Å²) >= 11 is 4.29. The maximum Gasteiger partial charge on any atom is 0.290 e. The topological polar surface area (TPSA) is 59.3 Å². The fourth-order valence-corrected chi connectivity index (χ4v) is 2.76. The van der Waals surface area contributed by atoms with Gasteiger partial charge in [0.1, 0.15) is 11.8 Å². The number of benzene rings is 1. The molecule has 90 valence electrons. The molecule has 18 heavy (non-hydrogen) atoms. The van der Waals surface area contributed by atoms with Crippen molar-refractivity contribution in [1.29, 1.82) is 0 Å². The zero-order valence-electron chi connectivity index (χ0n) is 8.90. The van der Waals surface area contributed by atoms with Crippen molar-refractivity contribution in [1.82, 2.24) is 5.32 Å². The van der Waals surface area contributed by atoms with Crippen LogP contribution in [0.5, 0.6) is 0 Å². The molecule has 2 heterocycles. The number of hydrogen-bond acceptors (Lipinski definition) is 4. The van der Waals surface area contributed by atoms with E-state index in [1.807, 2.05) is 18.2 Å². The van der Waals surface area contributed by atoms with E-state index in [9.17, 15) is 9.59 Å². The molecule has 1 aliphatic heterocycles. The monoisotopic (exact) mass is 323 g/mol. The van der Waals surface area contributed by atoms with Gasteiger partial charge in [0.25, 0.3) is 11.1 Å². The first-order valence-electron chi connectivity index (χ1n) is 5.05. The minimum Gasteiger partial charge on any atom is -0.463 e. The summed E-state index contributed by atoms with van der Waals surface area (Å²) in [4.78, 5) is 22.9. The molecule has 0 radical (unpaired) electrons. The van der Waals surface area contributed by atoms with Crippen LogP contribution in [0, 0.1) is 0 Å². The summed E-state index contributed by atoms with van der Waals surface area (Å²) in [7, 11) is 0. The van der Waals surface area contributed by atoms with Crippen LogP contribution in [0.4, 0.5) is 4.79 Å². The second kappa shape index (κ2) is 4.29. The summed E-state index contributed by atoms with van der Waals surface area (Å²) in [5.74, 6) is -0.351. The predicted octanol–water partition coefficient (Wildman–Crippen LogP) is 3.52. The molecule has 1 fully saturated rings. The molecule has 1 aromatic heterocycles. The molecule has 1 aromatic carbocycles. The van der Waals surface area contributed by atoms with Crippen LogP contribution in [0.2, 0.25) is 0 Å². The number of furan rings is 1. The quantitative estimate of drug-likeness (QED) is 0.816. The molecule has 0 unspecified atom stereocenters. The van der Waals surface area contributed by atoms with Crippen molar-refractivity contribution in [2.75, 3.05) is 0 Å². The third kappa shape index (κ3) is 1.97. The zero-order valence-corrected chi connectivity index (χ0v) is 11.3. The number of hydrogen-bond donors (Lipinski definition) is 1. The van der Waals surface area contributed by atoms with Crippen molar-refractivity contribution in [3.63, 3.8) is 0 Å². The second-order valence-electron chi connectivity index (χ2n) is 3.69. The highest BCUT2D eigenvalue weighted by atomic mass is 79.9. The molecule has 6 heteroatoms. The lowest BCUT2D eigenvalue weighted by molar-refractivity contribution is -0.115. The van der Waals surface area contributed by atoms with Crippen molar-refractivity contribution in [2.45, 2.75) is 0 Å². The van der Waals surface area contributed by atoms with E-state index in [-0.39, 0.29) is 11.1 Å². The van der Waals surface area contributed by atoms with E-state index in [0.717, 1.165) is 32.8 Å². The number of carbonyl (C=O) groups excluding carboxylic acids is 2. The van der Waals surface area contributed by atoms with Crippen molar-refractivity contribution >= 4 is 55.9 Å². The molecule has 1 aliphatic rings. The normalized spacial score (nSPS) is 17.7. The van der Waals surface area contributed by atoms with Crippen LogP contribution in [0.25, 0.3) is 17.0 Å². The molecule has 1 N–H and O–H groups in total. The van der Waals surface area contributed by atoms with Crippen LogP contribution in [0.15, 0.2) is 38.3 Å². The predicted molar refractivity (Wildman–Crippen MR) is 73.0 cm³/mol. The van der Waals surface area contributed by atoms with E-state index >= 15 is 0 Å². The summed E-state index contributed by atoms with van der Waals surface area (Å²) in [5.41, 5.74) is 1.61. The minimum absolute atomic E-state index is 0.336. The fraction of sp³-hybridized carbons (Fsp3) is 0. The van der Waals surface area contributed by atoms with Crippen molar-refractivity contribution < 1.29 is 14.0 Å². The van der Waals surface area contributed by atoms with Crippen LogP contribution in [-0.4, -0.2) is 11.1 Å². The highest BCUT2D eigenvalue weighted by Gasteiger charge is 2.24. The van der Waals surface area contributed by atoms with E-state index in [2.05, 4.69) is 21.2 Å². The van der Waals surface area contributed by atoms with Gasteiger partial charge in [-0.2, -0.15) is 0 Å². The summed E-state index contributed by atoms with van der Waals surface area (Å²) in [5, 5.41) is 2.81. The van der Waals surface area contributed by atoms with Crippen molar-refractivity contribution in [3.05, 3.63) is 39.4 Å². The van der Waals surface area contributed by atoms with Crippen LogP contribution in [0.1, 0.15) is 5.56 Å². The average Bonchev–Trinajstić information content (AvgIpc) is 2.84. The maximum atomic E-state index is 11.4. The Bertz CT molecular complexity index is 704. The van der Waals surface area contributed by atoms with Gasteiger partial charge >= 0.3 is 0 Å². The molecule has 2 aromatic rings. The number of rotatable bonds is 1. The van der Waals surface area contributed by atoms with Crippen LogP contribution in [-0.2, 0) is 4.79 Å². The Balaban J connectivity index is 2.04. The van der Waals surface area contributed by atoms with Gasteiger partial charge in [0.15, 0.2) is 0 Å². The van der Waals surface area contributed by atoms with E-state index in [4.69, 9.17) is 4.42 Å². The Kier molecular flexibility index (Phi) is 2.76. The molecule has 1 saturated heterocycles. The second-order valence-corrected chi connectivity index (χ2v) is 5.56. The van der Waals surface area contributed by atoms with Crippen molar-refractivity contribution in [2.24, 2.45) is 0 Å². The van der Waals surface area contributed by atoms with Gasteiger partial charge in [-0.3, -0.25) is 14.9 Å². The maximum absolute atomic E-state index is 11.4. The molecule has 0 spiro atoms. The largest absolute Gasteiger partial charge is 0.463 e. The number of amides is 2. The smallest absolute Gasteiger partial charge is 0.290 e. The van der Waals surface area contributed by atoms with Gasteiger partial charge in [-0.05, 0) is 51.5 Å². The van der Waals surface area contributed by atoms with Gasteiger partial charge in [-0.1, -0.05) is 6.07 Å². The molecule has 0 aliphatic carbocycles. The number of imide groups is 1. The number of nitrogens with one attached hydrogen (secondary N) is 1. The molecule has 4 nitrogen and oxygen atoms in total. The van der Waals surface area contributed by atoms with E-state index in [0.29, 0.717) is 4.91 Å². The summed E-state index contributed by atoms with van der Waals surface area (Å²) < 4.78 is 6.16. The fourth-order valence-electron chi connectivity index (χ4n) is 1.68. The third-order valence-corrected chi connectivity index (χ3v) is 3.91. The molecule has 0 bridgehead atoms. The van der Waals surface area contributed by atoms with Gasteiger partial charge in [0, 0.05) is 5.39 Å². The van der Waals surface area contributed by atoms with Gasteiger partial charge in [-0.15, -0.1) is 0 Å². The summed E-state index contributed by atoms with van der Waals surface area (Å²) in [6.45, 7) is 0. The number of thioether (sulfide) groups is 1. The third-order valence-electron chi connectivity index (χ3n) is 2.49. The lowest BCUT2D eigenvalue weighted by atomic mass is 10.1. The Morgan fingerprint density at radius 2 is 2.17 bits per heavy atom. The number of halogens is 1. The summed E-state index contributed by atoms with van der Waals surface area (Å²) in [6, 6.07) is 5.56. The number of carbonyl (C=O) groups is 2. The standard InChI is InChI=1S/C12H6BrNO3S/c13-8-5-17-9-2-1-6(3-7(8)9)4-10-11(15)14-12(16)18-10/h1-5H,(H,14,15,16). The first-order chi connectivity index (χ1) is 8.63. The van der Waals surface area contributed by atoms with Gasteiger partial charge < -0.3 is 4.42 Å². The molecule has 0 saturated carbocycles. The Labute approximate surface area is 115 Å². The van der Waals surface area contributed by atoms with E-state index < -0.39 is 0 Å². The molecule has 2 amide bonds. The highest BCUT2D eigenvalue weighted by Crippen LogP contribution is 2.30. The van der Waals surface area contributed by atoms with Crippen LogP contribution >= 0.6 is 27.7 Å². The first kappa shape index (κ1) is 11.6. The highest BCUT2D eigenvalue weighted by molar-refractivity contribution is 9.10. The van der Waals surface area contributed by atoms with E-state index in [1.54, 1.807) is 12.3 Å². The average molecular weight is 324 g/mol.